The molecule has 0 saturated carbocycles. The van der Waals surface area contributed by atoms with Gasteiger partial charge in [0, 0.05) is 0 Å². The Morgan fingerprint density at radius 2 is 1.83 bits per heavy atom. The van der Waals surface area contributed by atoms with E-state index in [-0.39, 0.29) is 11.6 Å². The first kappa shape index (κ1) is 10.5. The van der Waals surface area contributed by atoms with E-state index >= 15 is 0 Å². The molecular weight excluding hydrogens is 156 g/mol. The number of methoxy groups -OCH3 is 1. The molecule has 5 heteroatoms. The van der Waals surface area contributed by atoms with Crippen molar-refractivity contribution in [1.29, 1.82) is 5.41 Å². The molecule has 0 radical (unpaired) electrons. The molecule has 0 aromatic rings. The first-order valence-electron chi connectivity index (χ1n) is 3.39. The topological polar surface area (TPSA) is 97.5 Å². The van der Waals surface area contributed by atoms with E-state index in [1.807, 2.05) is 0 Å². The summed E-state index contributed by atoms with van der Waals surface area (Å²) in [4.78, 5) is 3.87. The summed E-state index contributed by atoms with van der Waals surface area (Å²) in [7, 11) is 1.38. The minimum atomic E-state index is -0.0995. The van der Waals surface area contributed by atoms with Gasteiger partial charge in [-0.15, -0.1) is 0 Å². The second-order valence-corrected chi connectivity index (χ2v) is 2.29. The first-order chi connectivity index (χ1) is 5.49. The molecule has 0 spiro atoms. The summed E-state index contributed by atoms with van der Waals surface area (Å²) in [5, 5.41) is 7.20. The van der Waals surface area contributed by atoms with Crippen molar-refractivity contribution < 1.29 is 4.74 Å². The zero-order chi connectivity index (χ0) is 9.72. The van der Waals surface area contributed by atoms with Gasteiger partial charge in [-0.25, -0.2) is 4.99 Å². The Balaban J connectivity index is 4.69. The van der Waals surface area contributed by atoms with Crippen LogP contribution in [0.3, 0.4) is 0 Å². The van der Waals surface area contributed by atoms with Gasteiger partial charge in [0.05, 0.1) is 18.6 Å². The summed E-state index contributed by atoms with van der Waals surface area (Å²) in [6, 6.07) is 0. The number of amidine groups is 1. The van der Waals surface area contributed by atoms with Crippen LogP contribution in [0.5, 0.6) is 0 Å². The van der Waals surface area contributed by atoms with Crippen molar-refractivity contribution in [2.45, 2.75) is 13.8 Å². The number of hydrogen-bond acceptors (Lipinski definition) is 4. The molecule has 0 bridgehead atoms. The van der Waals surface area contributed by atoms with E-state index < -0.39 is 0 Å². The van der Waals surface area contributed by atoms with E-state index in [1.165, 1.54) is 7.11 Å². The van der Waals surface area contributed by atoms with E-state index in [0.717, 1.165) is 0 Å². The summed E-state index contributed by atoms with van der Waals surface area (Å²) < 4.78 is 4.61. The zero-order valence-corrected chi connectivity index (χ0v) is 7.51. The normalized spacial score (nSPS) is 13.8. The Labute approximate surface area is 71.6 Å². The number of nitrogens with one attached hydrogen (secondary N) is 1. The van der Waals surface area contributed by atoms with E-state index in [0.29, 0.717) is 11.5 Å². The van der Waals surface area contributed by atoms with Crippen LogP contribution in [0.15, 0.2) is 16.4 Å². The second-order valence-electron chi connectivity index (χ2n) is 2.29. The molecule has 0 saturated heterocycles. The van der Waals surface area contributed by atoms with Crippen LogP contribution in [0.2, 0.25) is 0 Å². The highest BCUT2D eigenvalue weighted by molar-refractivity contribution is 5.91. The van der Waals surface area contributed by atoms with Gasteiger partial charge in [0.15, 0.2) is 0 Å². The summed E-state index contributed by atoms with van der Waals surface area (Å²) >= 11 is 0. The van der Waals surface area contributed by atoms with Gasteiger partial charge in [-0.2, -0.15) is 0 Å². The Hall–Kier alpha value is -1.52. The molecule has 0 rings (SSSR count). The Kier molecular flexibility index (Phi) is 3.82. The number of nitrogens with two attached hydrogens (primary N) is 2. The molecule has 0 aromatic carbocycles. The lowest BCUT2D eigenvalue weighted by Crippen LogP contribution is -2.15. The van der Waals surface area contributed by atoms with E-state index in [1.54, 1.807) is 13.8 Å². The van der Waals surface area contributed by atoms with Crippen LogP contribution >= 0.6 is 0 Å². The molecule has 68 valence electrons. The van der Waals surface area contributed by atoms with Crippen LogP contribution in [0, 0.1) is 5.41 Å². The molecule has 0 amide bonds. The van der Waals surface area contributed by atoms with Crippen LogP contribution in [-0.2, 0) is 4.74 Å². The molecular formula is C7H14N4O. The van der Waals surface area contributed by atoms with E-state index in [4.69, 9.17) is 16.9 Å². The number of nitrogens with zero attached hydrogens (tertiary/aromatic N) is 1. The summed E-state index contributed by atoms with van der Waals surface area (Å²) in [6.07, 6.45) is 0. The van der Waals surface area contributed by atoms with Crippen molar-refractivity contribution in [2.75, 3.05) is 7.11 Å². The minimum Gasteiger partial charge on any atom is -0.480 e. The van der Waals surface area contributed by atoms with Crippen LogP contribution < -0.4 is 11.5 Å². The Bertz CT molecular complexity index is 238. The monoisotopic (exact) mass is 170 g/mol. The molecule has 5 N–H and O–H groups in total. The smallest absolute Gasteiger partial charge is 0.231 e. The van der Waals surface area contributed by atoms with Gasteiger partial charge < -0.3 is 16.2 Å². The van der Waals surface area contributed by atoms with Crippen molar-refractivity contribution in [3.8, 4) is 0 Å². The zero-order valence-electron chi connectivity index (χ0n) is 7.51. The predicted molar refractivity (Wildman–Crippen MR) is 48.9 cm³/mol. The van der Waals surface area contributed by atoms with Crippen molar-refractivity contribution in [1.82, 2.24) is 0 Å². The molecule has 5 nitrogen and oxygen atoms in total. The van der Waals surface area contributed by atoms with Crippen molar-refractivity contribution >= 4 is 11.7 Å². The van der Waals surface area contributed by atoms with Crippen molar-refractivity contribution in [3.63, 3.8) is 0 Å². The lowest BCUT2D eigenvalue weighted by molar-refractivity contribution is 0.399. The van der Waals surface area contributed by atoms with Gasteiger partial charge in [-0.3, -0.25) is 5.41 Å². The fraction of sp³-hybridized carbons (Fsp3) is 0.429. The van der Waals surface area contributed by atoms with Crippen LogP contribution in [-0.4, -0.2) is 18.8 Å². The highest BCUT2D eigenvalue weighted by Crippen LogP contribution is 2.01. The summed E-state index contributed by atoms with van der Waals surface area (Å²) in [5.74, 6) is 0.303. The maximum Gasteiger partial charge on any atom is 0.231 e. The fourth-order valence-electron chi connectivity index (χ4n) is 0.599. The lowest BCUT2D eigenvalue weighted by atomic mass is 10.3. The van der Waals surface area contributed by atoms with E-state index in [2.05, 4.69) is 9.73 Å². The molecule has 0 heterocycles. The molecule has 0 aliphatic carbocycles. The predicted octanol–water partition coefficient (Wildman–Crippen LogP) is 0.177. The average Bonchev–Trinajstić information content (AvgIpc) is 2.00. The molecule has 0 fully saturated rings. The third kappa shape index (κ3) is 3.05. The minimum absolute atomic E-state index is 0.0995. The Morgan fingerprint density at radius 3 is 2.17 bits per heavy atom. The van der Waals surface area contributed by atoms with Gasteiger partial charge >= 0.3 is 0 Å². The fourth-order valence-corrected chi connectivity index (χ4v) is 0.599. The first-order valence-corrected chi connectivity index (χ1v) is 3.39. The number of allylic oxidation sites excluding steroid dienone is 1. The molecule has 0 aromatic heterocycles. The van der Waals surface area contributed by atoms with Gasteiger partial charge in [0.25, 0.3) is 0 Å². The highest BCUT2D eigenvalue weighted by Gasteiger charge is 2.03. The third-order valence-electron chi connectivity index (χ3n) is 1.18. The number of hydrogen-bond donors (Lipinski definition) is 3. The number of rotatable bonds is 2. The molecule has 0 aliphatic heterocycles. The van der Waals surface area contributed by atoms with Crippen molar-refractivity contribution in [2.24, 2.45) is 16.5 Å². The summed E-state index contributed by atoms with van der Waals surface area (Å²) in [6.45, 7) is 3.31. The number of aliphatic imine (C=N–C) groups is 1. The van der Waals surface area contributed by atoms with Gasteiger partial charge in [-0.1, -0.05) is 0 Å². The van der Waals surface area contributed by atoms with Gasteiger partial charge in [-0.05, 0) is 13.8 Å². The standard InChI is InChI=1S/C7H14N4O/c1-4(11-5(2)8)6(9)7(10)12-3/h10H,9H2,1-3H3,(H2,8,11)/b6-4+,10-7?. The van der Waals surface area contributed by atoms with E-state index in [9.17, 15) is 0 Å². The molecule has 0 aliphatic rings. The second kappa shape index (κ2) is 4.38. The average molecular weight is 170 g/mol. The quantitative estimate of drug-likeness (QED) is 0.407. The van der Waals surface area contributed by atoms with Crippen LogP contribution in [0.25, 0.3) is 0 Å². The molecule has 12 heavy (non-hydrogen) atoms. The Morgan fingerprint density at radius 1 is 1.33 bits per heavy atom. The van der Waals surface area contributed by atoms with Crippen LogP contribution in [0.4, 0.5) is 0 Å². The van der Waals surface area contributed by atoms with Crippen molar-refractivity contribution in [3.05, 3.63) is 11.4 Å². The maximum absolute atomic E-state index is 7.20. The molecule has 0 unspecified atom stereocenters. The maximum atomic E-state index is 7.20. The lowest BCUT2D eigenvalue weighted by Gasteiger charge is -2.03. The largest absolute Gasteiger partial charge is 0.480 e. The number of ether oxygens (including phenoxy) is 1. The molecule has 0 atom stereocenters. The SMILES string of the molecule is COC(=N)/C(N)=C(C)\N=C(/C)N. The van der Waals surface area contributed by atoms with Gasteiger partial charge in [0.2, 0.25) is 5.90 Å². The van der Waals surface area contributed by atoms with Crippen LogP contribution in [0.1, 0.15) is 13.8 Å². The third-order valence-corrected chi connectivity index (χ3v) is 1.18. The highest BCUT2D eigenvalue weighted by atomic mass is 16.5. The van der Waals surface area contributed by atoms with Gasteiger partial charge in [0.1, 0.15) is 5.70 Å². The summed E-state index contributed by atoms with van der Waals surface area (Å²) in [5.41, 5.74) is 11.5.